The molecule has 144 valence electrons. The van der Waals surface area contributed by atoms with E-state index in [1.165, 1.54) is 0 Å². The first-order valence-electron chi connectivity index (χ1n) is 8.84. The molecule has 1 fully saturated rings. The monoisotopic (exact) mass is 364 g/mol. The van der Waals surface area contributed by atoms with Gasteiger partial charge in [-0.1, -0.05) is 0 Å². The van der Waals surface area contributed by atoms with Crippen LogP contribution in [0.25, 0.3) is 0 Å². The van der Waals surface area contributed by atoms with Crippen molar-refractivity contribution in [1.82, 2.24) is 9.80 Å². The van der Waals surface area contributed by atoms with Gasteiger partial charge in [-0.2, -0.15) is 0 Å². The number of nitrogens with zero attached hydrogens (tertiary/aromatic N) is 2. The smallest absolute Gasteiger partial charge is 0.317 e. The Kier molecular flexibility index (Phi) is 6.85. The summed E-state index contributed by atoms with van der Waals surface area (Å²) in [5, 5.41) is 9.07. The zero-order valence-corrected chi connectivity index (χ0v) is 15.9. The molecule has 2 rings (SSSR count). The maximum atomic E-state index is 12.9. The van der Waals surface area contributed by atoms with E-state index >= 15 is 0 Å². The first-order chi connectivity index (χ1) is 12.4. The van der Waals surface area contributed by atoms with Gasteiger partial charge in [-0.25, -0.2) is 0 Å². The van der Waals surface area contributed by atoms with E-state index in [0.717, 1.165) is 29.9 Å². The average Bonchev–Trinajstić information content (AvgIpc) is 3.09. The summed E-state index contributed by atoms with van der Waals surface area (Å²) in [5.41, 5.74) is 0.923. The van der Waals surface area contributed by atoms with Crippen LogP contribution in [-0.2, 0) is 9.59 Å². The van der Waals surface area contributed by atoms with Gasteiger partial charge in [-0.05, 0) is 44.9 Å². The number of benzene rings is 1. The van der Waals surface area contributed by atoms with E-state index in [1.807, 2.05) is 36.9 Å². The largest absolute Gasteiger partial charge is 0.497 e. The fourth-order valence-electron chi connectivity index (χ4n) is 3.35. The van der Waals surface area contributed by atoms with Crippen molar-refractivity contribution in [2.24, 2.45) is 0 Å². The number of aliphatic carboxylic acids is 1. The minimum absolute atomic E-state index is 0.0255. The van der Waals surface area contributed by atoms with Gasteiger partial charge in [0.1, 0.15) is 11.5 Å². The van der Waals surface area contributed by atoms with Crippen molar-refractivity contribution in [3.8, 4) is 11.5 Å². The van der Waals surface area contributed by atoms with Crippen LogP contribution in [0.5, 0.6) is 11.5 Å². The van der Waals surface area contributed by atoms with Crippen molar-refractivity contribution in [3.63, 3.8) is 0 Å². The van der Waals surface area contributed by atoms with Crippen LogP contribution < -0.4 is 9.47 Å². The second-order valence-electron chi connectivity index (χ2n) is 6.75. The first-order valence-corrected chi connectivity index (χ1v) is 8.84. The fraction of sp³-hybridized carbons (Fsp3) is 0.579. The molecule has 0 radical (unpaired) electrons. The van der Waals surface area contributed by atoms with Gasteiger partial charge < -0.3 is 19.5 Å². The predicted molar refractivity (Wildman–Crippen MR) is 97.6 cm³/mol. The normalized spacial score (nSPS) is 17.0. The number of hydrogen-bond donors (Lipinski definition) is 1. The lowest BCUT2D eigenvalue weighted by Crippen LogP contribution is -2.44. The Morgan fingerprint density at radius 3 is 2.58 bits per heavy atom. The molecular formula is C19H28N2O5. The van der Waals surface area contributed by atoms with Crippen molar-refractivity contribution in [2.45, 2.75) is 38.8 Å². The zero-order chi connectivity index (χ0) is 19.3. The van der Waals surface area contributed by atoms with Gasteiger partial charge in [-0.15, -0.1) is 0 Å². The Balaban J connectivity index is 2.21. The molecule has 1 aliphatic heterocycles. The van der Waals surface area contributed by atoms with Gasteiger partial charge in [-0.3, -0.25) is 14.5 Å². The number of carboxylic acid groups (broad SMARTS) is 1. The fourth-order valence-corrected chi connectivity index (χ4v) is 3.35. The molecule has 7 nitrogen and oxygen atoms in total. The van der Waals surface area contributed by atoms with Gasteiger partial charge in [0, 0.05) is 18.2 Å². The molecule has 1 aliphatic rings. The molecule has 1 aromatic rings. The Labute approximate surface area is 154 Å². The number of rotatable bonds is 8. The molecule has 1 amide bonds. The van der Waals surface area contributed by atoms with Crippen molar-refractivity contribution >= 4 is 11.9 Å². The summed E-state index contributed by atoms with van der Waals surface area (Å²) in [6, 6.07) is 5.47. The van der Waals surface area contributed by atoms with Gasteiger partial charge >= 0.3 is 5.97 Å². The second kappa shape index (κ2) is 8.89. The topological polar surface area (TPSA) is 79.3 Å². The highest BCUT2D eigenvalue weighted by Crippen LogP contribution is 2.39. The molecule has 7 heteroatoms. The second-order valence-corrected chi connectivity index (χ2v) is 6.75. The predicted octanol–water partition coefficient (Wildman–Crippen LogP) is 2.16. The third-order valence-corrected chi connectivity index (χ3v) is 4.78. The van der Waals surface area contributed by atoms with E-state index in [1.54, 1.807) is 19.1 Å². The number of likely N-dealkylation sites (tertiary alicyclic amines) is 1. The number of carbonyl (C=O) groups is 2. The van der Waals surface area contributed by atoms with Crippen LogP contribution in [-0.4, -0.2) is 66.7 Å². The molecule has 1 saturated heterocycles. The molecule has 1 aromatic carbocycles. The minimum Gasteiger partial charge on any atom is -0.497 e. The Bertz CT molecular complexity index is 647. The van der Waals surface area contributed by atoms with Crippen molar-refractivity contribution in [2.75, 3.05) is 33.9 Å². The third-order valence-electron chi connectivity index (χ3n) is 4.78. The number of amides is 1. The van der Waals surface area contributed by atoms with Gasteiger partial charge in [0.15, 0.2) is 0 Å². The maximum absolute atomic E-state index is 12.9. The van der Waals surface area contributed by atoms with E-state index in [4.69, 9.17) is 14.6 Å². The summed E-state index contributed by atoms with van der Waals surface area (Å²) in [6.07, 6.45) is 1.74. The molecule has 1 unspecified atom stereocenters. The number of carboxylic acids is 1. The van der Waals surface area contributed by atoms with Crippen LogP contribution in [0.4, 0.5) is 0 Å². The van der Waals surface area contributed by atoms with Crippen molar-refractivity contribution in [3.05, 3.63) is 23.8 Å². The molecule has 0 spiro atoms. The molecule has 1 atom stereocenters. The summed E-state index contributed by atoms with van der Waals surface area (Å²) in [7, 11) is 3.22. The highest BCUT2D eigenvalue weighted by molar-refractivity contribution is 5.80. The van der Waals surface area contributed by atoms with Gasteiger partial charge in [0.25, 0.3) is 0 Å². The van der Waals surface area contributed by atoms with Crippen LogP contribution in [0.2, 0.25) is 0 Å². The number of hydrogen-bond acceptors (Lipinski definition) is 5. The van der Waals surface area contributed by atoms with E-state index < -0.39 is 5.97 Å². The molecule has 0 aliphatic carbocycles. The molecule has 0 saturated carbocycles. The SMILES string of the molecule is COc1ccc(OC)c(C2CCCN2C(=O)CN(CC(=O)O)C(C)C)c1. The van der Waals surface area contributed by atoms with E-state index in [2.05, 4.69) is 0 Å². The van der Waals surface area contributed by atoms with E-state index in [-0.39, 0.29) is 31.1 Å². The Hall–Kier alpha value is -2.28. The highest BCUT2D eigenvalue weighted by atomic mass is 16.5. The van der Waals surface area contributed by atoms with E-state index in [0.29, 0.717) is 6.54 Å². The standard InChI is InChI=1S/C19H28N2O5/c1-13(2)20(12-19(23)24)11-18(22)21-9-5-6-16(21)15-10-14(25-3)7-8-17(15)26-4/h7-8,10,13,16H,5-6,9,11-12H2,1-4H3,(H,23,24). The zero-order valence-electron chi connectivity index (χ0n) is 15.9. The number of methoxy groups -OCH3 is 2. The minimum atomic E-state index is -0.932. The summed E-state index contributed by atoms with van der Waals surface area (Å²) >= 11 is 0. The average molecular weight is 364 g/mol. The van der Waals surface area contributed by atoms with Crippen molar-refractivity contribution < 1.29 is 24.2 Å². The van der Waals surface area contributed by atoms with E-state index in [9.17, 15) is 9.59 Å². The lowest BCUT2D eigenvalue weighted by molar-refractivity contribution is -0.140. The Morgan fingerprint density at radius 2 is 2.00 bits per heavy atom. The summed E-state index contributed by atoms with van der Waals surface area (Å²) < 4.78 is 10.8. The molecule has 1 N–H and O–H groups in total. The molecule has 0 bridgehead atoms. The summed E-state index contributed by atoms with van der Waals surface area (Å²) in [5.74, 6) is 0.447. The Morgan fingerprint density at radius 1 is 1.27 bits per heavy atom. The van der Waals surface area contributed by atoms with Crippen LogP contribution in [0.15, 0.2) is 18.2 Å². The maximum Gasteiger partial charge on any atom is 0.317 e. The van der Waals surface area contributed by atoms with Gasteiger partial charge in [0.2, 0.25) is 5.91 Å². The molecular weight excluding hydrogens is 336 g/mol. The summed E-state index contributed by atoms with van der Waals surface area (Å²) in [6.45, 7) is 4.38. The third kappa shape index (κ3) is 4.66. The molecule has 0 aromatic heterocycles. The lowest BCUT2D eigenvalue weighted by atomic mass is 10.0. The number of ether oxygens (including phenoxy) is 2. The van der Waals surface area contributed by atoms with Crippen LogP contribution in [0.1, 0.15) is 38.3 Å². The first kappa shape index (κ1) is 20.0. The number of carbonyl (C=O) groups excluding carboxylic acids is 1. The van der Waals surface area contributed by atoms with Crippen LogP contribution >= 0.6 is 0 Å². The van der Waals surface area contributed by atoms with Gasteiger partial charge in [0.05, 0.1) is 33.4 Å². The summed E-state index contributed by atoms with van der Waals surface area (Å²) in [4.78, 5) is 27.5. The lowest BCUT2D eigenvalue weighted by Gasteiger charge is -2.30. The highest BCUT2D eigenvalue weighted by Gasteiger charge is 2.33. The molecule has 1 heterocycles. The quantitative estimate of drug-likeness (QED) is 0.761. The van der Waals surface area contributed by atoms with Crippen molar-refractivity contribution in [1.29, 1.82) is 0 Å². The van der Waals surface area contributed by atoms with Crippen LogP contribution in [0, 0.1) is 0 Å². The van der Waals surface area contributed by atoms with Crippen LogP contribution in [0.3, 0.4) is 0 Å². The molecule has 26 heavy (non-hydrogen) atoms.